The van der Waals surface area contributed by atoms with Gasteiger partial charge in [-0.2, -0.15) is 13.2 Å². The van der Waals surface area contributed by atoms with Crippen LogP contribution in [0.3, 0.4) is 0 Å². The maximum absolute atomic E-state index is 13.2. The number of fused-ring (bicyclic) bond motifs is 2. The Hall–Kier alpha value is -1.70. The minimum Gasteiger partial charge on any atom is -0.347 e. The van der Waals surface area contributed by atoms with Crippen molar-refractivity contribution >= 4 is 5.91 Å². The molecule has 2 aliphatic heterocycles. The lowest BCUT2D eigenvalue weighted by Gasteiger charge is -2.30. The number of amides is 1. The van der Waals surface area contributed by atoms with E-state index in [0.717, 1.165) is 25.9 Å². The third-order valence-corrected chi connectivity index (χ3v) is 4.20. The fourth-order valence-electron chi connectivity index (χ4n) is 3.20. The summed E-state index contributed by atoms with van der Waals surface area (Å²) in [6, 6.07) is 0.359. The molecule has 2 saturated heterocycles. The van der Waals surface area contributed by atoms with Crippen LogP contribution >= 0.6 is 0 Å². The zero-order valence-electron chi connectivity index (χ0n) is 11.7. The molecule has 1 amide bonds. The number of carbonyl (C=O) groups excluding carboxylic acids is 1. The first-order valence-corrected chi connectivity index (χ1v) is 7.09. The highest BCUT2D eigenvalue weighted by atomic mass is 19.4. The van der Waals surface area contributed by atoms with Gasteiger partial charge < -0.3 is 10.2 Å². The second-order valence-electron chi connectivity index (χ2n) is 5.87. The highest BCUT2D eigenvalue weighted by molar-refractivity contribution is 5.92. The number of hydrogen-bond donors (Lipinski definition) is 1. The van der Waals surface area contributed by atoms with Crippen molar-refractivity contribution in [3.63, 3.8) is 0 Å². The summed E-state index contributed by atoms with van der Waals surface area (Å²) >= 11 is 0. The first-order valence-electron chi connectivity index (χ1n) is 7.09. The summed E-state index contributed by atoms with van der Waals surface area (Å²) in [5, 5.41) is 2.70. The Kier molecular flexibility index (Phi) is 3.80. The van der Waals surface area contributed by atoms with Crippen LogP contribution in [0, 0.1) is 11.7 Å². The van der Waals surface area contributed by atoms with Crippen LogP contribution < -0.4 is 5.32 Å². The summed E-state index contributed by atoms with van der Waals surface area (Å²) in [4.78, 5) is 17.7. The number of pyridine rings is 1. The molecule has 2 aliphatic rings. The van der Waals surface area contributed by atoms with Crippen molar-refractivity contribution in [3.05, 3.63) is 29.3 Å². The molecule has 8 heteroatoms. The number of halogens is 4. The van der Waals surface area contributed by atoms with Gasteiger partial charge >= 0.3 is 6.18 Å². The summed E-state index contributed by atoms with van der Waals surface area (Å²) < 4.78 is 51.1. The van der Waals surface area contributed by atoms with E-state index in [1.54, 1.807) is 0 Å². The van der Waals surface area contributed by atoms with Crippen molar-refractivity contribution in [2.24, 2.45) is 5.92 Å². The number of aromatic nitrogens is 1. The van der Waals surface area contributed by atoms with Crippen LogP contribution in [-0.2, 0) is 6.18 Å². The smallest absolute Gasteiger partial charge is 0.347 e. The monoisotopic (exact) mass is 317 g/mol. The van der Waals surface area contributed by atoms with E-state index < -0.39 is 29.2 Å². The maximum atomic E-state index is 13.2. The first-order chi connectivity index (χ1) is 10.3. The predicted octanol–water partition coefficient (Wildman–Crippen LogP) is 2.06. The third kappa shape index (κ3) is 3.06. The van der Waals surface area contributed by atoms with Crippen LogP contribution in [0.4, 0.5) is 17.6 Å². The van der Waals surface area contributed by atoms with E-state index >= 15 is 0 Å². The van der Waals surface area contributed by atoms with E-state index in [9.17, 15) is 22.4 Å². The van der Waals surface area contributed by atoms with Gasteiger partial charge in [-0.1, -0.05) is 0 Å². The van der Waals surface area contributed by atoms with Gasteiger partial charge in [-0.05, 0) is 31.4 Å². The Labute approximate surface area is 124 Å². The van der Waals surface area contributed by atoms with Gasteiger partial charge in [0.15, 0.2) is 5.82 Å². The van der Waals surface area contributed by atoms with Gasteiger partial charge in [0.2, 0.25) is 0 Å². The van der Waals surface area contributed by atoms with Gasteiger partial charge in [0.05, 0.1) is 11.8 Å². The molecule has 120 valence electrons. The molecule has 2 fully saturated rings. The lowest BCUT2D eigenvalue weighted by molar-refractivity contribution is -0.140. The number of nitrogens with one attached hydrogen (secondary N) is 1. The second-order valence-corrected chi connectivity index (χ2v) is 5.87. The van der Waals surface area contributed by atoms with Crippen molar-refractivity contribution in [1.29, 1.82) is 0 Å². The Morgan fingerprint density at radius 2 is 2.14 bits per heavy atom. The fourth-order valence-corrected chi connectivity index (χ4v) is 3.20. The van der Waals surface area contributed by atoms with Crippen molar-refractivity contribution in [3.8, 4) is 0 Å². The quantitative estimate of drug-likeness (QED) is 0.849. The zero-order chi connectivity index (χ0) is 15.9. The van der Waals surface area contributed by atoms with Crippen molar-refractivity contribution < 1.29 is 22.4 Å². The molecule has 3 atom stereocenters. The molecular weight excluding hydrogens is 302 g/mol. The lowest BCUT2D eigenvalue weighted by atomic mass is 9.97. The molecule has 0 saturated carbocycles. The molecule has 0 aliphatic carbocycles. The molecule has 1 aromatic rings. The Morgan fingerprint density at radius 1 is 1.36 bits per heavy atom. The number of hydrogen-bond acceptors (Lipinski definition) is 3. The number of piperidine rings is 1. The molecular formula is C14H15F4N3O. The average molecular weight is 317 g/mol. The molecule has 0 radical (unpaired) electrons. The van der Waals surface area contributed by atoms with Gasteiger partial charge in [-0.3, -0.25) is 4.79 Å². The van der Waals surface area contributed by atoms with E-state index in [1.807, 2.05) is 0 Å². The van der Waals surface area contributed by atoms with Crippen LogP contribution in [0.1, 0.15) is 28.9 Å². The van der Waals surface area contributed by atoms with Gasteiger partial charge in [-0.25, -0.2) is 9.37 Å². The molecule has 0 aromatic carbocycles. The Morgan fingerprint density at radius 3 is 2.82 bits per heavy atom. The molecule has 1 unspecified atom stereocenters. The van der Waals surface area contributed by atoms with Gasteiger partial charge in [0.1, 0.15) is 5.69 Å². The summed E-state index contributed by atoms with van der Waals surface area (Å²) in [6.45, 7) is 2.69. The predicted molar refractivity (Wildman–Crippen MR) is 69.6 cm³/mol. The van der Waals surface area contributed by atoms with E-state index in [0.29, 0.717) is 24.7 Å². The number of rotatable bonds is 2. The minimum absolute atomic E-state index is 0.102. The van der Waals surface area contributed by atoms with Crippen LogP contribution in [0.5, 0.6) is 0 Å². The number of alkyl halides is 3. The second kappa shape index (κ2) is 5.49. The largest absolute Gasteiger partial charge is 0.419 e. The van der Waals surface area contributed by atoms with Gasteiger partial charge in [-0.15, -0.1) is 0 Å². The molecule has 3 heterocycles. The van der Waals surface area contributed by atoms with Crippen molar-refractivity contribution in [2.75, 3.05) is 19.6 Å². The first kappa shape index (κ1) is 15.2. The van der Waals surface area contributed by atoms with E-state index in [2.05, 4.69) is 15.2 Å². The molecule has 2 bridgehead atoms. The molecule has 22 heavy (non-hydrogen) atoms. The van der Waals surface area contributed by atoms with Crippen LogP contribution in [0.2, 0.25) is 0 Å². The van der Waals surface area contributed by atoms with Crippen LogP contribution in [0.15, 0.2) is 12.3 Å². The van der Waals surface area contributed by atoms with Crippen LogP contribution in [-0.4, -0.2) is 41.5 Å². The van der Waals surface area contributed by atoms with Crippen molar-refractivity contribution in [2.45, 2.75) is 25.1 Å². The lowest BCUT2D eigenvalue weighted by Crippen LogP contribution is -2.47. The zero-order valence-corrected chi connectivity index (χ0v) is 11.7. The van der Waals surface area contributed by atoms with Gasteiger partial charge in [0.25, 0.3) is 5.91 Å². The fraction of sp³-hybridized carbons (Fsp3) is 0.571. The summed E-state index contributed by atoms with van der Waals surface area (Å²) in [7, 11) is 0. The third-order valence-electron chi connectivity index (χ3n) is 4.20. The number of nitrogens with zero attached hydrogens (tertiary/aromatic N) is 2. The average Bonchev–Trinajstić information content (AvgIpc) is 2.77. The summed E-state index contributed by atoms with van der Waals surface area (Å²) in [5.41, 5.74) is -1.89. The highest BCUT2D eigenvalue weighted by Gasteiger charge is 2.36. The Balaban J connectivity index is 1.72. The maximum Gasteiger partial charge on any atom is 0.419 e. The van der Waals surface area contributed by atoms with E-state index in [4.69, 9.17) is 0 Å². The topological polar surface area (TPSA) is 45.2 Å². The highest BCUT2D eigenvalue weighted by Crippen LogP contribution is 2.31. The minimum atomic E-state index is -4.85. The molecule has 1 N–H and O–H groups in total. The van der Waals surface area contributed by atoms with E-state index in [1.165, 1.54) is 0 Å². The van der Waals surface area contributed by atoms with E-state index in [-0.39, 0.29) is 6.04 Å². The molecule has 1 aromatic heterocycles. The Bertz CT molecular complexity index is 578. The van der Waals surface area contributed by atoms with Crippen molar-refractivity contribution in [1.82, 2.24) is 15.2 Å². The van der Waals surface area contributed by atoms with Crippen LogP contribution in [0.25, 0.3) is 0 Å². The molecule has 4 nitrogen and oxygen atoms in total. The number of carbonyl (C=O) groups is 1. The SMILES string of the molecule is O=C(N[C@@H]1C[C@H]2CCN(C2)C1)c1cc(C(F)(F)F)c(F)cn1. The normalized spacial score (nSPS) is 27.7. The van der Waals surface area contributed by atoms with Gasteiger partial charge in [0, 0.05) is 19.1 Å². The molecule has 0 spiro atoms. The summed E-state index contributed by atoms with van der Waals surface area (Å²) in [5.74, 6) is -1.66. The standard InChI is InChI=1S/C14H15F4N3O/c15-11-5-19-12(4-10(11)14(16,17)18)13(22)20-9-3-8-1-2-21(6-8)7-9/h4-5,8-9H,1-3,6-7H2,(H,20,22)/t8-,9-/m1/s1. The summed E-state index contributed by atoms with van der Waals surface area (Å²) in [6.07, 6.45) is -2.52. The molecule has 3 rings (SSSR count).